The quantitative estimate of drug-likeness (QED) is 0.610. The van der Waals surface area contributed by atoms with Gasteiger partial charge in [-0.15, -0.1) is 0 Å². The Morgan fingerprint density at radius 3 is 2.64 bits per heavy atom. The molecule has 0 spiro atoms. The normalized spacial score (nSPS) is 15.0. The molecule has 1 aliphatic rings. The van der Waals surface area contributed by atoms with E-state index >= 15 is 0 Å². The zero-order valence-corrected chi connectivity index (χ0v) is 15.1. The van der Waals surface area contributed by atoms with Crippen LogP contribution in [0.5, 0.6) is 11.5 Å². The zero-order chi connectivity index (χ0) is 18.2. The molecule has 3 N–H and O–H groups in total. The summed E-state index contributed by atoms with van der Waals surface area (Å²) in [5.41, 5.74) is 0.912. The number of rotatable bonds is 9. The molecule has 1 fully saturated rings. The molecule has 0 aliphatic carbocycles. The molecule has 0 bridgehead atoms. The number of likely N-dealkylation sites (N-methyl/N-ethyl adjacent to an activating group) is 1. The van der Waals surface area contributed by atoms with E-state index in [-0.39, 0.29) is 24.3 Å². The van der Waals surface area contributed by atoms with E-state index in [0.29, 0.717) is 30.5 Å². The van der Waals surface area contributed by atoms with Gasteiger partial charge in [-0.05, 0) is 43.6 Å². The van der Waals surface area contributed by atoms with Crippen molar-refractivity contribution in [3.63, 3.8) is 0 Å². The monoisotopic (exact) mass is 349 g/mol. The molecule has 2 amide bonds. The van der Waals surface area contributed by atoms with Crippen LogP contribution in [0, 0.1) is 11.8 Å². The highest BCUT2D eigenvalue weighted by molar-refractivity contribution is 5.79. The van der Waals surface area contributed by atoms with E-state index in [1.165, 1.54) is 0 Å². The highest BCUT2D eigenvalue weighted by Crippen LogP contribution is 2.28. The van der Waals surface area contributed by atoms with Crippen LogP contribution in [0.1, 0.15) is 19.4 Å². The second-order valence-electron chi connectivity index (χ2n) is 6.15. The maximum atomic E-state index is 12.2. The van der Waals surface area contributed by atoms with Gasteiger partial charge in [-0.25, -0.2) is 0 Å². The largest absolute Gasteiger partial charge is 0.493 e. The van der Waals surface area contributed by atoms with Crippen molar-refractivity contribution in [2.75, 3.05) is 33.4 Å². The first-order chi connectivity index (χ1) is 12.0. The smallest absolute Gasteiger partial charge is 0.257 e. The zero-order valence-electron chi connectivity index (χ0n) is 15.1. The predicted octanol–water partition coefficient (Wildman–Crippen LogP) is 0.682. The van der Waals surface area contributed by atoms with Gasteiger partial charge in [0, 0.05) is 19.0 Å². The van der Waals surface area contributed by atoms with Gasteiger partial charge < -0.3 is 25.4 Å². The van der Waals surface area contributed by atoms with Gasteiger partial charge in [0.05, 0.1) is 7.11 Å². The number of hydrogen-bond acceptors (Lipinski definition) is 5. The Labute approximate surface area is 148 Å². The summed E-state index contributed by atoms with van der Waals surface area (Å²) in [4.78, 5) is 23.7. The fourth-order valence-corrected chi connectivity index (χ4v) is 2.56. The van der Waals surface area contributed by atoms with Crippen molar-refractivity contribution in [2.45, 2.75) is 20.4 Å². The molecule has 0 aromatic heterocycles. The van der Waals surface area contributed by atoms with Crippen molar-refractivity contribution in [3.05, 3.63) is 23.8 Å². The number of ether oxygens (including phenoxy) is 2. The number of benzene rings is 1. The van der Waals surface area contributed by atoms with E-state index in [1.807, 2.05) is 26.0 Å². The predicted molar refractivity (Wildman–Crippen MR) is 94.5 cm³/mol. The minimum atomic E-state index is -0.180. The van der Waals surface area contributed by atoms with E-state index in [2.05, 4.69) is 16.0 Å². The molecule has 25 heavy (non-hydrogen) atoms. The number of methoxy groups -OCH3 is 1. The van der Waals surface area contributed by atoms with E-state index in [4.69, 9.17) is 9.47 Å². The number of hydrogen-bond donors (Lipinski definition) is 3. The molecule has 1 aromatic carbocycles. The first-order valence-corrected chi connectivity index (χ1v) is 8.60. The van der Waals surface area contributed by atoms with Crippen LogP contribution >= 0.6 is 0 Å². The lowest BCUT2D eigenvalue weighted by atomic mass is 9.88. The Hall–Kier alpha value is -2.28. The van der Waals surface area contributed by atoms with Crippen molar-refractivity contribution >= 4 is 11.8 Å². The van der Waals surface area contributed by atoms with Crippen LogP contribution in [0.3, 0.4) is 0 Å². The van der Waals surface area contributed by atoms with Gasteiger partial charge in [-0.1, -0.05) is 13.0 Å². The van der Waals surface area contributed by atoms with Crippen molar-refractivity contribution in [1.82, 2.24) is 16.0 Å². The summed E-state index contributed by atoms with van der Waals surface area (Å²) in [6, 6.07) is 5.41. The Balaban J connectivity index is 1.89. The van der Waals surface area contributed by atoms with Gasteiger partial charge in [0.2, 0.25) is 5.91 Å². The Bertz CT molecular complexity index is 602. The lowest BCUT2D eigenvalue weighted by Gasteiger charge is -2.31. The van der Waals surface area contributed by atoms with Gasteiger partial charge in [0.15, 0.2) is 18.1 Å². The molecule has 138 valence electrons. The number of nitrogens with one attached hydrogen (secondary N) is 3. The number of carbonyl (C=O) groups excluding carboxylic acids is 2. The third-order valence-electron chi connectivity index (χ3n) is 4.36. The van der Waals surface area contributed by atoms with Crippen LogP contribution in [-0.4, -0.2) is 45.2 Å². The highest BCUT2D eigenvalue weighted by atomic mass is 16.5. The number of amides is 2. The molecule has 0 radical (unpaired) electrons. The fourth-order valence-electron chi connectivity index (χ4n) is 2.56. The Morgan fingerprint density at radius 2 is 2.04 bits per heavy atom. The average Bonchev–Trinajstić information content (AvgIpc) is 2.56. The van der Waals surface area contributed by atoms with Crippen LogP contribution in [0.15, 0.2) is 18.2 Å². The Kier molecular flexibility index (Phi) is 7.06. The molecule has 1 heterocycles. The third kappa shape index (κ3) is 5.35. The van der Waals surface area contributed by atoms with Crippen LogP contribution in [-0.2, 0) is 16.1 Å². The molecule has 2 rings (SSSR count). The van der Waals surface area contributed by atoms with Crippen LogP contribution < -0.4 is 25.4 Å². The summed E-state index contributed by atoms with van der Waals surface area (Å²) in [7, 11) is 1.54. The van der Waals surface area contributed by atoms with Crippen LogP contribution in [0.2, 0.25) is 0 Å². The summed E-state index contributed by atoms with van der Waals surface area (Å²) in [5.74, 6) is 1.33. The molecule has 1 aromatic rings. The molecular formula is C18H27N3O4. The van der Waals surface area contributed by atoms with Gasteiger partial charge in [-0.3, -0.25) is 9.59 Å². The minimum Gasteiger partial charge on any atom is -0.493 e. The maximum Gasteiger partial charge on any atom is 0.257 e. The van der Waals surface area contributed by atoms with Crippen molar-refractivity contribution in [2.24, 2.45) is 11.8 Å². The van der Waals surface area contributed by atoms with Gasteiger partial charge in [0.25, 0.3) is 5.91 Å². The van der Waals surface area contributed by atoms with Crippen molar-refractivity contribution in [1.29, 1.82) is 0 Å². The van der Waals surface area contributed by atoms with E-state index in [0.717, 1.165) is 18.7 Å². The molecule has 7 nitrogen and oxygen atoms in total. The molecular weight excluding hydrogens is 322 g/mol. The SMILES string of the molecule is CCNC(=O)COc1ccc(CNC(=O)C(C)C2CNC2)cc1OC. The first-order valence-electron chi connectivity index (χ1n) is 8.60. The second-order valence-corrected chi connectivity index (χ2v) is 6.15. The van der Waals surface area contributed by atoms with E-state index < -0.39 is 0 Å². The van der Waals surface area contributed by atoms with Crippen LogP contribution in [0.25, 0.3) is 0 Å². The van der Waals surface area contributed by atoms with Crippen molar-refractivity contribution in [3.8, 4) is 11.5 Å². The number of carbonyl (C=O) groups is 2. The van der Waals surface area contributed by atoms with E-state index in [9.17, 15) is 9.59 Å². The molecule has 1 saturated heterocycles. The summed E-state index contributed by atoms with van der Waals surface area (Å²) in [6.45, 7) is 6.54. The van der Waals surface area contributed by atoms with Gasteiger partial charge in [-0.2, -0.15) is 0 Å². The molecule has 1 aliphatic heterocycles. The van der Waals surface area contributed by atoms with E-state index in [1.54, 1.807) is 13.2 Å². The summed E-state index contributed by atoms with van der Waals surface area (Å²) in [5, 5.41) is 8.81. The van der Waals surface area contributed by atoms with Gasteiger partial charge >= 0.3 is 0 Å². The molecule has 1 unspecified atom stereocenters. The lowest BCUT2D eigenvalue weighted by Crippen LogP contribution is -2.49. The topological polar surface area (TPSA) is 88.7 Å². The average molecular weight is 349 g/mol. The van der Waals surface area contributed by atoms with Gasteiger partial charge in [0.1, 0.15) is 0 Å². The fraction of sp³-hybridized carbons (Fsp3) is 0.556. The van der Waals surface area contributed by atoms with Crippen LogP contribution in [0.4, 0.5) is 0 Å². The summed E-state index contributed by atoms with van der Waals surface area (Å²) < 4.78 is 10.8. The molecule has 1 atom stereocenters. The standard InChI is InChI=1S/C18H27N3O4/c1-4-20-17(22)11-25-15-6-5-13(7-16(15)24-3)8-21-18(23)12(2)14-9-19-10-14/h5-7,12,14,19H,4,8-11H2,1-3H3,(H,20,22)(H,21,23). The molecule has 0 saturated carbocycles. The van der Waals surface area contributed by atoms with Crippen molar-refractivity contribution < 1.29 is 19.1 Å². The lowest BCUT2D eigenvalue weighted by molar-refractivity contribution is -0.127. The minimum absolute atomic E-state index is 0.00262. The maximum absolute atomic E-state index is 12.2. The highest BCUT2D eigenvalue weighted by Gasteiger charge is 2.28. The Morgan fingerprint density at radius 1 is 1.28 bits per heavy atom. The first kappa shape index (κ1) is 19.1. The molecule has 7 heteroatoms. The summed E-state index contributed by atoms with van der Waals surface area (Å²) in [6.07, 6.45) is 0. The summed E-state index contributed by atoms with van der Waals surface area (Å²) >= 11 is 0. The second kappa shape index (κ2) is 9.27. The third-order valence-corrected chi connectivity index (χ3v) is 4.36.